The van der Waals surface area contributed by atoms with E-state index in [-0.39, 0.29) is 12.0 Å². The molecule has 2 atom stereocenters. The average Bonchev–Trinajstić information content (AvgIpc) is 3.07. The smallest absolute Gasteiger partial charge is 0.327 e. The van der Waals surface area contributed by atoms with E-state index in [1.807, 2.05) is 35.3 Å². The molecular formula is C19H28N2O3S. The predicted octanol–water partition coefficient (Wildman–Crippen LogP) is 3.59. The molecular weight excluding hydrogens is 336 g/mol. The Bertz CT molecular complexity index is 567. The minimum Gasteiger partial charge on any atom is -0.468 e. The van der Waals surface area contributed by atoms with Crippen molar-refractivity contribution in [2.24, 2.45) is 5.10 Å². The molecule has 1 saturated heterocycles. The van der Waals surface area contributed by atoms with Gasteiger partial charge in [0.05, 0.1) is 26.0 Å². The SMILES string of the molecule is CCC[C@](/C=N/N1CCC[C@H]1COC)(Sc1ccccc1)C(=O)OC. The molecule has 0 saturated carbocycles. The van der Waals surface area contributed by atoms with Crippen molar-refractivity contribution in [3.05, 3.63) is 30.3 Å². The number of benzene rings is 1. The Labute approximate surface area is 154 Å². The quantitative estimate of drug-likeness (QED) is 0.381. The van der Waals surface area contributed by atoms with Crippen LogP contribution in [0.1, 0.15) is 32.6 Å². The minimum atomic E-state index is -0.814. The molecule has 0 amide bonds. The molecule has 1 aliphatic rings. The van der Waals surface area contributed by atoms with Gasteiger partial charge < -0.3 is 9.47 Å². The highest BCUT2D eigenvalue weighted by atomic mass is 32.2. The third-order valence-electron chi connectivity index (χ3n) is 4.32. The number of hydrogen-bond acceptors (Lipinski definition) is 6. The van der Waals surface area contributed by atoms with E-state index in [1.54, 1.807) is 13.3 Å². The summed E-state index contributed by atoms with van der Waals surface area (Å²) in [7, 11) is 3.15. The number of esters is 1. The van der Waals surface area contributed by atoms with Crippen molar-refractivity contribution >= 4 is 23.9 Å². The molecule has 0 aromatic heterocycles. The third kappa shape index (κ3) is 5.22. The summed E-state index contributed by atoms with van der Waals surface area (Å²) in [5.74, 6) is -0.255. The Hall–Kier alpha value is -1.53. The normalized spacial score (nSPS) is 20.0. The molecule has 2 rings (SSSR count). The van der Waals surface area contributed by atoms with Gasteiger partial charge in [0.1, 0.15) is 0 Å². The van der Waals surface area contributed by atoms with Gasteiger partial charge in [-0.05, 0) is 31.4 Å². The first-order valence-electron chi connectivity index (χ1n) is 8.78. The highest BCUT2D eigenvalue weighted by Crippen LogP contribution is 2.37. The van der Waals surface area contributed by atoms with E-state index in [9.17, 15) is 4.79 Å². The number of carbonyl (C=O) groups excluding carboxylic acids is 1. The number of thioether (sulfide) groups is 1. The zero-order valence-electron chi connectivity index (χ0n) is 15.3. The van der Waals surface area contributed by atoms with Gasteiger partial charge in [-0.2, -0.15) is 5.10 Å². The fourth-order valence-corrected chi connectivity index (χ4v) is 4.37. The summed E-state index contributed by atoms with van der Waals surface area (Å²) in [6.07, 6.45) is 5.48. The van der Waals surface area contributed by atoms with Crippen LogP contribution in [0.3, 0.4) is 0 Å². The van der Waals surface area contributed by atoms with E-state index in [4.69, 9.17) is 9.47 Å². The van der Waals surface area contributed by atoms with E-state index in [0.717, 1.165) is 30.7 Å². The Morgan fingerprint density at radius 3 is 2.80 bits per heavy atom. The number of carbonyl (C=O) groups is 1. The molecule has 5 nitrogen and oxygen atoms in total. The molecule has 138 valence electrons. The van der Waals surface area contributed by atoms with Gasteiger partial charge in [-0.25, -0.2) is 0 Å². The maximum atomic E-state index is 12.7. The van der Waals surface area contributed by atoms with Crippen molar-refractivity contribution in [2.75, 3.05) is 27.4 Å². The summed E-state index contributed by atoms with van der Waals surface area (Å²) in [5, 5.41) is 6.73. The molecule has 6 heteroatoms. The van der Waals surface area contributed by atoms with E-state index >= 15 is 0 Å². The molecule has 1 aliphatic heterocycles. The van der Waals surface area contributed by atoms with E-state index in [2.05, 4.69) is 12.0 Å². The van der Waals surface area contributed by atoms with Gasteiger partial charge in [-0.3, -0.25) is 9.80 Å². The number of rotatable bonds is 9. The number of hydrogen-bond donors (Lipinski definition) is 0. The Morgan fingerprint density at radius 1 is 1.40 bits per heavy atom. The predicted molar refractivity (Wildman–Crippen MR) is 102 cm³/mol. The third-order valence-corrected chi connectivity index (χ3v) is 5.66. The number of ether oxygens (including phenoxy) is 2. The van der Waals surface area contributed by atoms with Gasteiger partial charge in [0.25, 0.3) is 0 Å². The Morgan fingerprint density at radius 2 is 2.16 bits per heavy atom. The minimum absolute atomic E-state index is 0.255. The average molecular weight is 365 g/mol. The van der Waals surface area contributed by atoms with Crippen molar-refractivity contribution < 1.29 is 14.3 Å². The zero-order valence-corrected chi connectivity index (χ0v) is 16.1. The molecule has 1 fully saturated rings. The van der Waals surface area contributed by atoms with Crippen molar-refractivity contribution in [3.63, 3.8) is 0 Å². The maximum Gasteiger partial charge on any atom is 0.327 e. The Kier molecular flexibility index (Phi) is 7.78. The van der Waals surface area contributed by atoms with Crippen LogP contribution in [-0.4, -0.2) is 55.4 Å². The second-order valence-corrected chi connectivity index (χ2v) is 7.61. The fraction of sp³-hybridized carbons (Fsp3) is 0.579. The monoisotopic (exact) mass is 364 g/mol. The largest absolute Gasteiger partial charge is 0.468 e. The summed E-state index contributed by atoms with van der Waals surface area (Å²) >= 11 is 1.51. The van der Waals surface area contributed by atoms with Crippen LogP contribution in [0.2, 0.25) is 0 Å². The lowest BCUT2D eigenvalue weighted by atomic mass is 10.0. The molecule has 25 heavy (non-hydrogen) atoms. The second-order valence-electron chi connectivity index (χ2n) is 6.21. The summed E-state index contributed by atoms with van der Waals surface area (Å²) < 4.78 is 9.61. The van der Waals surface area contributed by atoms with Gasteiger partial charge in [0.15, 0.2) is 4.75 Å². The first kappa shape index (κ1) is 19.8. The highest BCUT2D eigenvalue weighted by Gasteiger charge is 2.39. The van der Waals surface area contributed by atoms with Gasteiger partial charge >= 0.3 is 5.97 Å². The van der Waals surface area contributed by atoms with Crippen LogP contribution in [0.5, 0.6) is 0 Å². The van der Waals surface area contributed by atoms with E-state index < -0.39 is 4.75 Å². The zero-order chi connectivity index (χ0) is 18.1. The van der Waals surface area contributed by atoms with Crippen molar-refractivity contribution in [1.82, 2.24) is 5.01 Å². The number of hydrazone groups is 1. The van der Waals surface area contributed by atoms with E-state index in [0.29, 0.717) is 13.0 Å². The summed E-state index contributed by atoms with van der Waals surface area (Å²) in [5.41, 5.74) is 0. The topological polar surface area (TPSA) is 51.1 Å². The van der Waals surface area contributed by atoms with Crippen molar-refractivity contribution in [1.29, 1.82) is 0 Å². The molecule has 0 bridgehead atoms. The molecule has 0 aliphatic carbocycles. The molecule has 1 aromatic rings. The lowest BCUT2D eigenvalue weighted by Crippen LogP contribution is -2.39. The summed E-state index contributed by atoms with van der Waals surface area (Å²) in [6, 6.07) is 10.2. The molecule has 1 heterocycles. The lowest BCUT2D eigenvalue weighted by Gasteiger charge is -2.28. The van der Waals surface area contributed by atoms with Crippen LogP contribution in [0, 0.1) is 0 Å². The highest BCUT2D eigenvalue weighted by molar-refractivity contribution is 8.02. The van der Waals surface area contributed by atoms with Gasteiger partial charge in [0.2, 0.25) is 0 Å². The van der Waals surface area contributed by atoms with Crippen LogP contribution in [-0.2, 0) is 14.3 Å². The van der Waals surface area contributed by atoms with Crippen LogP contribution in [0.25, 0.3) is 0 Å². The maximum absolute atomic E-state index is 12.7. The van der Waals surface area contributed by atoms with E-state index in [1.165, 1.54) is 18.9 Å². The van der Waals surface area contributed by atoms with Crippen LogP contribution >= 0.6 is 11.8 Å². The summed E-state index contributed by atoms with van der Waals surface area (Å²) in [4.78, 5) is 13.7. The summed E-state index contributed by atoms with van der Waals surface area (Å²) in [6.45, 7) is 3.62. The van der Waals surface area contributed by atoms with Crippen molar-refractivity contribution in [2.45, 2.75) is 48.3 Å². The molecule has 0 spiro atoms. The molecule has 1 aromatic carbocycles. The van der Waals surface area contributed by atoms with Crippen LogP contribution in [0.15, 0.2) is 40.3 Å². The number of nitrogens with zero attached hydrogens (tertiary/aromatic N) is 2. The van der Waals surface area contributed by atoms with Gasteiger partial charge in [0, 0.05) is 18.6 Å². The van der Waals surface area contributed by atoms with Crippen molar-refractivity contribution in [3.8, 4) is 0 Å². The fourth-order valence-electron chi connectivity index (χ4n) is 3.08. The Balaban J connectivity index is 2.26. The first-order valence-corrected chi connectivity index (χ1v) is 9.60. The lowest BCUT2D eigenvalue weighted by molar-refractivity contribution is -0.141. The molecule has 0 radical (unpaired) electrons. The van der Waals surface area contributed by atoms with Gasteiger partial charge in [-0.15, -0.1) is 11.8 Å². The first-order chi connectivity index (χ1) is 12.1. The second kappa shape index (κ2) is 9.82. The van der Waals surface area contributed by atoms with Gasteiger partial charge in [-0.1, -0.05) is 31.5 Å². The molecule has 0 N–H and O–H groups in total. The molecule has 0 unspecified atom stereocenters. The number of methoxy groups -OCH3 is 2. The standard InChI is InChI=1S/C19H28N2O3S/c1-4-12-19(18(22)24-3,25-17-10-6-5-7-11-17)15-20-21-13-8-9-16(21)14-23-2/h5-7,10-11,15-16H,4,8-9,12-14H2,1-3H3/b20-15+/t16-,19+/m0/s1. The van der Waals surface area contributed by atoms with Crippen LogP contribution in [0.4, 0.5) is 0 Å². The van der Waals surface area contributed by atoms with Crippen LogP contribution < -0.4 is 0 Å².